The van der Waals surface area contributed by atoms with Crippen LogP contribution in [0.15, 0.2) is 23.1 Å². The SMILES string of the molecule is NCCNS(=O)(=O)c1cccc2nsnc12. The zero-order valence-electron chi connectivity index (χ0n) is 8.25. The van der Waals surface area contributed by atoms with Crippen LogP contribution in [0.5, 0.6) is 0 Å². The van der Waals surface area contributed by atoms with Gasteiger partial charge in [-0.1, -0.05) is 6.07 Å². The van der Waals surface area contributed by atoms with Crippen LogP contribution < -0.4 is 10.5 Å². The number of fused-ring (bicyclic) bond motifs is 1. The number of nitrogens with one attached hydrogen (secondary N) is 1. The summed E-state index contributed by atoms with van der Waals surface area (Å²) in [6.07, 6.45) is 0. The van der Waals surface area contributed by atoms with Gasteiger partial charge in [0.25, 0.3) is 0 Å². The number of aromatic nitrogens is 2. The molecule has 0 bridgehead atoms. The van der Waals surface area contributed by atoms with Gasteiger partial charge in [-0.3, -0.25) is 0 Å². The maximum Gasteiger partial charge on any atom is 0.242 e. The maximum atomic E-state index is 11.9. The van der Waals surface area contributed by atoms with Gasteiger partial charge in [0, 0.05) is 13.1 Å². The van der Waals surface area contributed by atoms with Crippen molar-refractivity contribution in [1.29, 1.82) is 0 Å². The summed E-state index contributed by atoms with van der Waals surface area (Å²) in [5.41, 5.74) is 6.24. The van der Waals surface area contributed by atoms with Crippen molar-refractivity contribution in [1.82, 2.24) is 13.5 Å². The number of hydrogen-bond acceptors (Lipinski definition) is 6. The van der Waals surface area contributed by atoms with Crippen molar-refractivity contribution in [2.45, 2.75) is 4.90 Å². The summed E-state index contributed by atoms with van der Waals surface area (Å²) < 4.78 is 34.1. The van der Waals surface area contributed by atoms with E-state index < -0.39 is 10.0 Å². The first-order valence-electron chi connectivity index (χ1n) is 4.56. The molecule has 0 amide bonds. The molecular formula is C8H10N4O2S2. The van der Waals surface area contributed by atoms with Crippen LogP contribution in [0.1, 0.15) is 0 Å². The van der Waals surface area contributed by atoms with Crippen LogP contribution in [0, 0.1) is 0 Å². The molecule has 0 spiro atoms. The minimum absolute atomic E-state index is 0.146. The smallest absolute Gasteiger partial charge is 0.242 e. The van der Waals surface area contributed by atoms with Crippen LogP contribution in [0.25, 0.3) is 11.0 Å². The summed E-state index contributed by atoms with van der Waals surface area (Å²) in [5, 5.41) is 0. The Bertz CT molecular complexity index is 593. The third kappa shape index (κ3) is 2.05. The maximum absolute atomic E-state index is 11.9. The fourth-order valence-corrected chi connectivity index (χ4v) is 3.08. The van der Waals surface area contributed by atoms with E-state index in [2.05, 4.69) is 13.5 Å². The van der Waals surface area contributed by atoms with E-state index in [0.29, 0.717) is 11.0 Å². The molecule has 6 nitrogen and oxygen atoms in total. The number of rotatable bonds is 4. The Morgan fingerprint density at radius 2 is 2.19 bits per heavy atom. The lowest BCUT2D eigenvalue weighted by atomic mass is 10.3. The molecule has 0 radical (unpaired) electrons. The first-order valence-corrected chi connectivity index (χ1v) is 6.77. The third-order valence-corrected chi connectivity index (χ3v) is 4.01. The fourth-order valence-electron chi connectivity index (χ4n) is 1.27. The second kappa shape index (κ2) is 4.42. The molecule has 3 N–H and O–H groups in total. The van der Waals surface area contributed by atoms with Crippen LogP contribution in [0.3, 0.4) is 0 Å². The average molecular weight is 258 g/mol. The van der Waals surface area contributed by atoms with E-state index in [-0.39, 0.29) is 18.0 Å². The summed E-state index contributed by atoms with van der Waals surface area (Å²) in [4.78, 5) is 0.146. The summed E-state index contributed by atoms with van der Waals surface area (Å²) >= 11 is 0.990. The van der Waals surface area contributed by atoms with Crippen LogP contribution in [0.2, 0.25) is 0 Å². The first-order chi connectivity index (χ1) is 7.65. The van der Waals surface area contributed by atoms with Gasteiger partial charge in [0.05, 0.1) is 11.7 Å². The topological polar surface area (TPSA) is 98.0 Å². The first kappa shape index (κ1) is 11.4. The van der Waals surface area contributed by atoms with Crippen molar-refractivity contribution >= 4 is 32.8 Å². The summed E-state index contributed by atoms with van der Waals surface area (Å²) in [5.74, 6) is 0. The highest BCUT2D eigenvalue weighted by atomic mass is 32.2. The molecule has 0 unspecified atom stereocenters. The molecule has 1 aromatic heterocycles. The Morgan fingerprint density at radius 1 is 1.38 bits per heavy atom. The molecular weight excluding hydrogens is 248 g/mol. The Morgan fingerprint density at radius 3 is 2.94 bits per heavy atom. The highest BCUT2D eigenvalue weighted by Crippen LogP contribution is 2.20. The highest BCUT2D eigenvalue weighted by Gasteiger charge is 2.18. The summed E-state index contributed by atoms with van der Waals surface area (Å²) in [7, 11) is -3.54. The molecule has 0 saturated heterocycles. The normalized spacial score (nSPS) is 12.1. The van der Waals surface area contributed by atoms with E-state index in [0.717, 1.165) is 11.7 Å². The number of sulfonamides is 1. The van der Waals surface area contributed by atoms with Gasteiger partial charge in [-0.2, -0.15) is 8.75 Å². The molecule has 0 aliphatic rings. The van der Waals surface area contributed by atoms with Gasteiger partial charge in [0.2, 0.25) is 10.0 Å². The van der Waals surface area contributed by atoms with Gasteiger partial charge in [-0.05, 0) is 12.1 Å². The predicted octanol–water partition coefficient (Wildman–Crippen LogP) is -0.0717. The van der Waals surface area contributed by atoms with Crippen LogP contribution in [-0.4, -0.2) is 30.3 Å². The molecule has 2 aromatic rings. The molecule has 1 aromatic carbocycles. The lowest BCUT2D eigenvalue weighted by Crippen LogP contribution is -2.29. The second-order valence-electron chi connectivity index (χ2n) is 3.07. The van der Waals surface area contributed by atoms with E-state index in [1.165, 1.54) is 6.07 Å². The highest BCUT2D eigenvalue weighted by molar-refractivity contribution is 7.89. The van der Waals surface area contributed by atoms with Crippen molar-refractivity contribution in [3.05, 3.63) is 18.2 Å². The molecule has 8 heteroatoms. The Kier molecular flexibility index (Phi) is 3.15. The molecule has 0 saturated carbocycles. The third-order valence-electron chi connectivity index (χ3n) is 1.97. The lowest BCUT2D eigenvalue weighted by molar-refractivity contribution is 0.583. The van der Waals surface area contributed by atoms with E-state index in [9.17, 15) is 8.42 Å². The molecule has 2 rings (SSSR count). The summed E-state index contributed by atoms with van der Waals surface area (Å²) in [6, 6.07) is 4.87. The Balaban J connectivity index is 2.50. The number of nitrogens with two attached hydrogens (primary N) is 1. The predicted molar refractivity (Wildman–Crippen MR) is 61.7 cm³/mol. The zero-order chi connectivity index (χ0) is 11.6. The van der Waals surface area contributed by atoms with Gasteiger partial charge in [-0.25, -0.2) is 13.1 Å². The van der Waals surface area contributed by atoms with Gasteiger partial charge < -0.3 is 5.73 Å². The van der Waals surface area contributed by atoms with Crippen molar-refractivity contribution in [2.24, 2.45) is 5.73 Å². The van der Waals surface area contributed by atoms with Gasteiger partial charge in [0.15, 0.2) is 0 Å². The fraction of sp³-hybridized carbons (Fsp3) is 0.250. The van der Waals surface area contributed by atoms with Crippen LogP contribution in [0.4, 0.5) is 0 Å². The molecule has 0 aliphatic heterocycles. The van der Waals surface area contributed by atoms with E-state index in [1.807, 2.05) is 0 Å². The minimum atomic E-state index is -3.54. The minimum Gasteiger partial charge on any atom is -0.329 e. The molecule has 0 atom stereocenters. The monoisotopic (exact) mass is 258 g/mol. The van der Waals surface area contributed by atoms with Crippen LogP contribution >= 0.6 is 11.7 Å². The van der Waals surface area contributed by atoms with Crippen molar-refractivity contribution in [3.8, 4) is 0 Å². The number of benzene rings is 1. The Labute approximate surface area is 96.9 Å². The van der Waals surface area contributed by atoms with E-state index in [4.69, 9.17) is 5.73 Å². The van der Waals surface area contributed by atoms with Gasteiger partial charge >= 0.3 is 0 Å². The number of nitrogens with zero attached hydrogens (tertiary/aromatic N) is 2. The standard InChI is InChI=1S/C8H10N4O2S2/c9-4-5-10-16(13,14)7-3-1-2-6-8(7)12-15-11-6/h1-3,10H,4-5,9H2. The molecule has 16 heavy (non-hydrogen) atoms. The molecule has 1 heterocycles. The van der Waals surface area contributed by atoms with Crippen molar-refractivity contribution in [3.63, 3.8) is 0 Å². The molecule has 0 aliphatic carbocycles. The van der Waals surface area contributed by atoms with E-state index >= 15 is 0 Å². The van der Waals surface area contributed by atoms with Crippen molar-refractivity contribution < 1.29 is 8.42 Å². The summed E-state index contributed by atoms with van der Waals surface area (Å²) in [6.45, 7) is 0.459. The van der Waals surface area contributed by atoms with Gasteiger partial charge in [-0.15, -0.1) is 0 Å². The van der Waals surface area contributed by atoms with Gasteiger partial charge in [0.1, 0.15) is 15.9 Å². The molecule has 86 valence electrons. The number of hydrogen-bond donors (Lipinski definition) is 2. The molecule has 0 fully saturated rings. The zero-order valence-corrected chi connectivity index (χ0v) is 9.88. The lowest BCUT2D eigenvalue weighted by Gasteiger charge is -2.05. The second-order valence-corrected chi connectivity index (χ2v) is 5.34. The quantitative estimate of drug-likeness (QED) is 0.800. The average Bonchev–Trinajstić information content (AvgIpc) is 2.73. The Hall–Kier alpha value is -1.09. The van der Waals surface area contributed by atoms with E-state index in [1.54, 1.807) is 12.1 Å². The van der Waals surface area contributed by atoms with Crippen LogP contribution in [-0.2, 0) is 10.0 Å². The van der Waals surface area contributed by atoms with Crippen molar-refractivity contribution in [2.75, 3.05) is 13.1 Å². The largest absolute Gasteiger partial charge is 0.329 e.